The number of carbonyl (C=O) groups is 3. The number of hydrogen-bond donors (Lipinski definition) is 1. The fourth-order valence-corrected chi connectivity index (χ4v) is 3.54. The normalized spacial score (nSPS) is 16.3. The van der Waals surface area contributed by atoms with Crippen LogP contribution in [0.3, 0.4) is 0 Å². The van der Waals surface area contributed by atoms with Crippen molar-refractivity contribution < 1.29 is 19.5 Å². The number of benzene rings is 1. The van der Waals surface area contributed by atoms with E-state index in [1.165, 1.54) is 11.0 Å². The van der Waals surface area contributed by atoms with Gasteiger partial charge in [-0.2, -0.15) is 0 Å². The molecule has 25 heavy (non-hydrogen) atoms. The van der Waals surface area contributed by atoms with Gasteiger partial charge in [0, 0.05) is 23.6 Å². The lowest BCUT2D eigenvalue weighted by molar-refractivity contribution is -0.123. The zero-order valence-corrected chi connectivity index (χ0v) is 14.5. The summed E-state index contributed by atoms with van der Waals surface area (Å²) in [6.07, 6.45) is 3.43. The molecule has 0 bridgehead atoms. The van der Waals surface area contributed by atoms with Crippen LogP contribution < -0.4 is 0 Å². The predicted molar refractivity (Wildman–Crippen MR) is 95.7 cm³/mol. The van der Waals surface area contributed by atoms with Gasteiger partial charge in [0.15, 0.2) is 0 Å². The first-order valence-electron chi connectivity index (χ1n) is 7.66. The van der Waals surface area contributed by atoms with Gasteiger partial charge < -0.3 is 9.67 Å². The average Bonchev–Trinajstić information content (AvgIpc) is 3.12. The van der Waals surface area contributed by atoms with E-state index in [9.17, 15) is 14.4 Å². The van der Waals surface area contributed by atoms with Crippen molar-refractivity contribution in [2.45, 2.75) is 19.9 Å². The molecule has 1 aliphatic rings. The maximum atomic E-state index is 12.4. The van der Waals surface area contributed by atoms with Crippen LogP contribution in [-0.4, -0.2) is 37.7 Å². The van der Waals surface area contributed by atoms with E-state index in [1.54, 1.807) is 61.0 Å². The third-order valence-electron chi connectivity index (χ3n) is 3.77. The van der Waals surface area contributed by atoms with Gasteiger partial charge in [-0.1, -0.05) is 6.07 Å². The van der Waals surface area contributed by atoms with E-state index >= 15 is 0 Å². The van der Waals surface area contributed by atoms with Crippen LogP contribution in [0.15, 0.2) is 47.5 Å². The molecule has 0 radical (unpaired) electrons. The number of nitrogens with zero attached hydrogens (tertiary/aromatic N) is 2. The lowest BCUT2D eigenvalue weighted by Gasteiger charge is -2.16. The third kappa shape index (κ3) is 3.23. The van der Waals surface area contributed by atoms with Crippen LogP contribution in [-0.2, 0) is 4.79 Å². The SMILES string of the molecule is CC(C)N1C(=O)S/C(=C/c2cccn2-c2cccc(C(=O)O)c2)C1=O. The summed E-state index contributed by atoms with van der Waals surface area (Å²) in [6, 6.07) is 9.92. The van der Waals surface area contributed by atoms with Gasteiger partial charge in [-0.25, -0.2) is 4.79 Å². The summed E-state index contributed by atoms with van der Waals surface area (Å²) < 4.78 is 1.77. The number of imide groups is 1. The van der Waals surface area contributed by atoms with E-state index in [2.05, 4.69) is 0 Å². The Bertz CT molecular complexity index is 898. The van der Waals surface area contributed by atoms with E-state index < -0.39 is 5.97 Å². The molecule has 0 saturated carbocycles. The number of amides is 2. The second-order valence-electron chi connectivity index (χ2n) is 5.80. The molecule has 2 aromatic rings. The highest BCUT2D eigenvalue weighted by molar-refractivity contribution is 8.18. The van der Waals surface area contributed by atoms with Crippen molar-refractivity contribution in [2.24, 2.45) is 0 Å². The Labute approximate surface area is 148 Å². The molecule has 2 amide bonds. The largest absolute Gasteiger partial charge is 0.478 e. The molecular weight excluding hydrogens is 340 g/mol. The van der Waals surface area contributed by atoms with Crippen molar-refractivity contribution in [2.75, 3.05) is 0 Å². The zero-order chi connectivity index (χ0) is 18.1. The molecule has 0 aliphatic carbocycles. The fraction of sp³-hybridized carbons (Fsp3) is 0.167. The van der Waals surface area contributed by atoms with Gasteiger partial charge in [0.1, 0.15) is 0 Å². The number of carboxylic acids is 1. The average molecular weight is 356 g/mol. The Morgan fingerprint density at radius 1 is 1.20 bits per heavy atom. The van der Waals surface area contributed by atoms with Crippen molar-refractivity contribution in [3.63, 3.8) is 0 Å². The Morgan fingerprint density at radius 2 is 1.96 bits per heavy atom. The topological polar surface area (TPSA) is 79.6 Å². The van der Waals surface area contributed by atoms with Gasteiger partial charge in [-0.3, -0.25) is 14.5 Å². The van der Waals surface area contributed by atoms with E-state index in [4.69, 9.17) is 5.11 Å². The van der Waals surface area contributed by atoms with Gasteiger partial charge in [0.25, 0.3) is 11.1 Å². The van der Waals surface area contributed by atoms with Crippen LogP contribution >= 0.6 is 11.8 Å². The first kappa shape index (κ1) is 17.0. The minimum absolute atomic E-state index is 0.178. The minimum atomic E-state index is -1.01. The second kappa shape index (κ2) is 6.60. The molecule has 0 spiro atoms. The van der Waals surface area contributed by atoms with Crippen molar-refractivity contribution in [3.8, 4) is 5.69 Å². The Morgan fingerprint density at radius 3 is 2.60 bits per heavy atom. The maximum Gasteiger partial charge on any atom is 0.335 e. The fourth-order valence-electron chi connectivity index (χ4n) is 2.59. The summed E-state index contributed by atoms with van der Waals surface area (Å²) in [6.45, 7) is 3.58. The molecule has 1 aliphatic heterocycles. The summed E-state index contributed by atoms with van der Waals surface area (Å²) in [4.78, 5) is 37.1. The highest BCUT2D eigenvalue weighted by Crippen LogP contribution is 2.33. The quantitative estimate of drug-likeness (QED) is 0.847. The number of aromatic nitrogens is 1. The number of thioether (sulfide) groups is 1. The molecule has 1 aromatic heterocycles. The predicted octanol–water partition coefficient (Wildman–Crippen LogP) is 3.62. The third-order valence-corrected chi connectivity index (χ3v) is 4.65. The summed E-state index contributed by atoms with van der Waals surface area (Å²) in [5.74, 6) is -1.31. The molecule has 1 aromatic carbocycles. The molecule has 0 atom stereocenters. The number of carboxylic acid groups (broad SMARTS) is 1. The second-order valence-corrected chi connectivity index (χ2v) is 6.80. The molecule has 1 saturated heterocycles. The Kier molecular flexibility index (Phi) is 4.50. The Hall–Kier alpha value is -2.80. The van der Waals surface area contributed by atoms with Crippen LogP contribution in [0.1, 0.15) is 29.9 Å². The number of aromatic carboxylic acids is 1. The molecule has 7 heteroatoms. The number of rotatable bonds is 4. The molecule has 2 heterocycles. The van der Waals surface area contributed by atoms with Crippen molar-refractivity contribution >= 4 is 35.0 Å². The van der Waals surface area contributed by atoms with Crippen LogP contribution in [0.4, 0.5) is 4.79 Å². The van der Waals surface area contributed by atoms with Gasteiger partial charge in [-0.05, 0) is 62.0 Å². The standard InChI is InChI=1S/C18H16N2O4S/c1-11(2)20-16(21)15(25-18(20)24)10-14-7-4-8-19(14)13-6-3-5-12(9-13)17(22)23/h3-11H,1-2H3,(H,22,23)/b15-10+. The van der Waals surface area contributed by atoms with Crippen molar-refractivity contribution in [3.05, 3.63) is 58.8 Å². The molecule has 0 unspecified atom stereocenters. The first-order chi connectivity index (χ1) is 11.9. The highest BCUT2D eigenvalue weighted by atomic mass is 32.2. The smallest absolute Gasteiger partial charge is 0.335 e. The molecule has 3 rings (SSSR count). The minimum Gasteiger partial charge on any atom is -0.478 e. The van der Waals surface area contributed by atoms with Gasteiger partial charge in [0.05, 0.1) is 10.5 Å². The molecule has 6 nitrogen and oxygen atoms in total. The Balaban J connectivity index is 1.98. The number of hydrogen-bond acceptors (Lipinski definition) is 4. The van der Waals surface area contributed by atoms with Crippen molar-refractivity contribution in [1.82, 2.24) is 9.47 Å². The molecule has 1 fully saturated rings. The van der Waals surface area contributed by atoms with E-state index in [1.807, 2.05) is 0 Å². The van der Waals surface area contributed by atoms with E-state index in [-0.39, 0.29) is 22.8 Å². The summed E-state index contributed by atoms with van der Waals surface area (Å²) in [7, 11) is 0. The van der Waals surface area contributed by atoms with Crippen LogP contribution in [0.2, 0.25) is 0 Å². The number of carbonyl (C=O) groups excluding carboxylic acids is 2. The molecule has 1 N–H and O–H groups in total. The summed E-state index contributed by atoms with van der Waals surface area (Å²) in [5.41, 5.74) is 1.54. The lowest BCUT2D eigenvalue weighted by Crippen LogP contribution is -2.34. The van der Waals surface area contributed by atoms with Crippen LogP contribution in [0.5, 0.6) is 0 Å². The molecular formula is C18H16N2O4S. The summed E-state index contributed by atoms with van der Waals surface area (Å²) in [5, 5.41) is 8.86. The van der Waals surface area contributed by atoms with E-state index in [0.717, 1.165) is 11.8 Å². The monoisotopic (exact) mass is 356 g/mol. The highest BCUT2D eigenvalue weighted by Gasteiger charge is 2.36. The van der Waals surface area contributed by atoms with Gasteiger partial charge in [-0.15, -0.1) is 0 Å². The van der Waals surface area contributed by atoms with Gasteiger partial charge in [0.2, 0.25) is 0 Å². The maximum absolute atomic E-state index is 12.4. The zero-order valence-electron chi connectivity index (χ0n) is 13.7. The summed E-state index contributed by atoms with van der Waals surface area (Å²) >= 11 is 0.911. The lowest BCUT2D eigenvalue weighted by atomic mass is 10.2. The molecule has 128 valence electrons. The van der Waals surface area contributed by atoms with Gasteiger partial charge >= 0.3 is 5.97 Å². The van der Waals surface area contributed by atoms with Crippen LogP contribution in [0.25, 0.3) is 11.8 Å². The first-order valence-corrected chi connectivity index (χ1v) is 8.48. The van der Waals surface area contributed by atoms with E-state index in [0.29, 0.717) is 16.3 Å². The van der Waals surface area contributed by atoms with Crippen LogP contribution in [0, 0.1) is 0 Å². The van der Waals surface area contributed by atoms with Crippen molar-refractivity contribution in [1.29, 1.82) is 0 Å².